The molecule has 3 N–H and O–H groups in total. The molecule has 0 bridgehead atoms. The summed E-state index contributed by atoms with van der Waals surface area (Å²) in [5.74, 6) is 5.89. The molecule has 0 radical (unpaired) electrons. The topological polar surface area (TPSA) is 60.2 Å². The van der Waals surface area contributed by atoms with E-state index in [2.05, 4.69) is 10.4 Å². The van der Waals surface area contributed by atoms with Crippen LogP contribution in [0, 0.1) is 5.82 Å². The van der Waals surface area contributed by atoms with Gasteiger partial charge < -0.3 is 10.2 Å². The van der Waals surface area contributed by atoms with Gasteiger partial charge in [0, 0.05) is 23.1 Å². The summed E-state index contributed by atoms with van der Waals surface area (Å²) in [6.07, 6.45) is 2.28. The van der Waals surface area contributed by atoms with Gasteiger partial charge in [-0.25, -0.2) is 4.39 Å². The number of hydrogen-bond acceptors (Lipinski definition) is 4. The lowest BCUT2D eigenvalue weighted by Gasteiger charge is -2.11. The second-order valence-corrected chi connectivity index (χ2v) is 4.75. The van der Waals surface area contributed by atoms with Crippen molar-refractivity contribution < 1.29 is 9.13 Å². The number of nitrogen functional groups attached to an aromatic ring is 1. The Labute approximate surface area is 110 Å². The summed E-state index contributed by atoms with van der Waals surface area (Å²) in [6, 6.07) is 4.99. The summed E-state index contributed by atoms with van der Waals surface area (Å²) in [6.45, 7) is 2.24. The van der Waals surface area contributed by atoms with Gasteiger partial charge in [0.1, 0.15) is 0 Å². The lowest BCUT2D eigenvalue weighted by atomic mass is 10.1. The summed E-state index contributed by atoms with van der Waals surface area (Å²) in [5, 5.41) is 0.775. The summed E-state index contributed by atoms with van der Waals surface area (Å²) in [5.41, 5.74) is 5.01. The van der Waals surface area contributed by atoms with E-state index in [1.807, 2.05) is 13.0 Å². The van der Waals surface area contributed by atoms with Crippen LogP contribution in [0.15, 0.2) is 18.2 Å². The normalized spacial score (nSPS) is 14.7. The third-order valence-electron chi connectivity index (χ3n) is 3.33. The Kier molecular flexibility index (Phi) is 2.98. The van der Waals surface area contributed by atoms with Gasteiger partial charge in [0.15, 0.2) is 11.6 Å². The number of hydrogen-bond donors (Lipinski definition) is 2. The molecule has 1 fully saturated rings. The highest BCUT2D eigenvalue weighted by Crippen LogP contribution is 2.41. The second-order valence-electron chi connectivity index (χ2n) is 4.75. The number of nitrogens with two attached hydrogens (primary N) is 1. The summed E-state index contributed by atoms with van der Waals surface area (Å²) >= 11 is 0. The van der Waals surface area contributed by atoms with Crippen molar-refractivity contribution in [3.8, 4) is 5.75 Å². The SMILES string of the molecule is CCOc1cc2c(NN)cc(C3CC3)nc2cc1F. The molecule has 0 amide bonds. The number of benzene rings is 1. The van der Waals surface area contributed by atoms with E-state index >= 15 is 0 Å². The van der Waals surface area contributed by atoms with Crippen LogP contribution in [0.2, 0.25) is 0 Å². The first-order valence-corrected chi connectivity index (χ1v) is 6.46. The number of hydrazine groups is 1. The van der Waals surface area contributed by atoms with Crippen LogP contribution in [0.5, 0.6) is 5.75 Å². The molecule has 1 aliphatic rings. The number of nitrogens with one attached hydrogen (secondary N) is 1. The van der Waals surface area contributed by atoms with Crippen molar-refractivity contribution in [2.24, 2.45) is 5.84 Å². The first-order valence-electron chi connectivity index (χ1n) is 6.46. The maximum absolute atomic E-state index is 13.9. The van der Waals surface area contributed by atoms with Gasteiger partial charge in [0.05, 0.1) is 17.8 Å². The molecule has 2 aromatic rings. The molecule has 100 valence electrons. The minimum absolute atomic E-state index is 0.229. The Bertz CT molecular complexity index is 626. The molecule has 1 heterocycles. The molecule has 4 nitrogen and oxygen atoms in total. The maximum atomic E-state index is 13.9. The maximum Gasteiger partial charge on any atom is 0.167 e. The summed E-state index contributed by atoms with van der Waals surface area (Å²) in [7, 11) is 0. The van der Waals surface area contributed by atoms with Crippen molar-refractivity contribution >= 4 is 16.6 Å². The minimum atomic E-state index is -0.391. The zero-order chi connectivity index (χ0) is 13.4. The molecule has 0 atom stereocenters. The average Bonchev–Trinajstić information content (AvgIpc) is 3.23. The van der Waals surface area contributed by atoms with Crippen LogP contribution in [0.4, 0.5) is 10.1 Å². The van der Waals surface area contributed by atoms with Gasteiger partial charge in [-0.05, 0) is 31.9 Å². The number of anilines is 1. The predicted octanol–water partition coefficient (Wildman–Crippen LogP) is 2.94. The van der Waals surface area contributed by atoms with Crippen molar-refractivity contribution in [3.63, 3.8) is 0 Å². The molecular formula is C14H16FN3O. The molecule has 3 rings (SSSR count). The molecule has 19 heavy (non-hydrogen) atoms. The van der Waals surface area contributed by atoms with Gasteiger partial charge in [-0.15, -0.1) is 0 Å². The predicted molar refractivity (Wildman–Crippen MR) is 72.7 cm³/mol. The first kappa shape index (κ1) is 12.2. The van der Waals surface area contributed by atoms with Crippen molar-refractivity contribution in [2.45, 2.75) is 25.7 Å². The molecule has 0 aliphatic heterocycles. The third-order valence-corrected chi connectivity index (χ3v) is 3.33. The van der Waals surface area contributed by atoms with E-state index in [1.54, 1.807) is 6.07 Å². The van der Waals surface area contributed by atoms with Gasteiger partial charge in [-0.1, -0.05) is 0 Å². The van der Waals surface area contributed by atoms with Crippen LogP contribution in [0.3, 0.4) is 0 Å². The highest BCUT2D eigenvalue weighted by atomic mass is 19.1. The fourth-order valence-corrected chi connectivity index (χ4v) is 2.22. The van der Waals surface area contributed by atoms with Gasteiger partial charge >= 0.3 is 0 Å². The molecular weight excluding hydrogens is 245 g/mol. The lowest BCUT2D eigenvalue weighted by molar-refractivity contribution is 0.322. The fraction of sp³-hybridized carbons (Fsp3) is 0.357. The minimum Gasteiger partial charge on any atom is -0.491 e. The van der Waals surface area contributed by atoms with Crippen molar-refractivity contribution in [1.29, 1.82) is 0 Å². The zero-order valence-corrected chi connectivity index (χ0v) is 10.7. The molecule has 0 saturated heterocycles. The van der Waals surface area contributed by atoms with E-state index in [0.29, 0.717) is 18.0 Å². The smallest absolute Gasteiger partial charge is 0.167 e. The highest BCUT2D eigenvalue weighted by Gasteiger charge is 2.26. The molecule has 5 heteroatoms. The van der Waals surface area contributed by atoms with Gasteiger partial charge in [-0.2, -0.15) is 0 Å². The lowest BCUT2D eigenvalue weighted by Crippen LogP contribution is -2.08. The van der Waals surface area contributed by atoms with E-state index in [0.717, 1.165) is 29.6 Å². The van der Waals surface area contributed by atoms with E-state index in [-0.39, 0.29) is 5.75 Å². The van der Waals surface area contributed by atoms with Gasteiger partial charge in [-0.3, -0.25) is 10.8 Å². The average molecular weight is 261 g/mol. The monoisotopic (exact) mass is 261 g/mol. The van der Waals surface area contributed by atoms with Crippen LogP contribution in [0.1, 0.15) is 31.4 Å². The Hall–Kier alpha value is -1.88. The molecule has 1 saturated carbocycles. The van der Waals surface area contributed by atoms with Crippen LogP contribution in [-0.2, 0) is 0 Å². The number of fused-ring (bicyclic) bond motifs is 1. The Morgan fingerprint density at radius 2 is 2.21 bits per heavy atom. The van der Waals surface area contributed by atoms with Crippen LogP contribution >= 0.6 is 0 Å². The zero-order valence-electron chi connectivity index (χ0n) is 10.7. The molecule has 1 aromatic carbocycles. The Morgan fingerprint density at radius 3 is 2.84 bits per heavy atom. The quantitative estimate of drug-likeness (QED) is 0.656. The number of pyridine rings is 1. The number of rotatable bonds is 4. The summed E-state index contributed by atoms with van der Waals surface area (Å²) < 4.78 is 19.1. The highest BCUT2D eigenvalue weighted by molar-refractivity contribution is 5.92. The summed E-state index contributed by atoms with van der Waals surface area (Å²) in [4.78, 5) is 4.52. The van der Waals surface area contributed by atoms with Crippen molar-refractivity contribution in [3.05, 3.63) is 29.7 Å². The number of ether oxygens (including phenoxy) is 1. The largest absolute Gasteiger partial charge is 0.491 e. The van der Waals surface area contributed by atoms with Gasteiger partial charge in [0.2, 0.25) is 0 Å². The number of nitrogens with zero attached hydrogens (tertiary/aromatic N) is 1. The fourth-order valence-electron chi connectivity index (χ4n) is 2.22. The first-order chi connectivity index (χ1) is 9.22. The van der Waals surface area contributed by atoms with Crippen molar-refractivity contribution in [1.82, 2.24) is 4.98 Å². The van der Waals surface area contributed by atoms with E-state index in [9.17, 15) is 4.39 Å². The standard InChI is InChI=1S/C14H16FN3O/c1-2-19-14-5-9-12(6-10(14)15)17-11(8-3-4-8)7-13(9)18-16/h5-8H,2-4,16H2,1H3,(H,17,18). The van der Waals surface area contributed by atoms with Gasteiger partial charge in [0.25, 0.3) is 0 Å². The Balaban J connectivity index is 2.18. The van der Waals surface area contributed by atoms with Crippen LogP contribution in [-0.4, -0.2) is 11.6 Å². The number of halogens is 1. The van der Waals surface area contributed by atoms with E-state index in [1.165, 1.54) is 6.07 Å². The van der Waals surface area contributed by atoms with Crippen LogP contribution in [0.25, 0.3) is 10.9 Å². The van der Waals surface area contributed by atoms with E-state index < -0.39 is 5.82 Å². The molecule has 0 unspecified atom stereocenters. The second kappa shape index (κ2) is 4.66. The molecule has 1 aromatic heterocycles. The van der Waals surface area contributed by atoms with Crippen LogP contribution < -0.4 is 16.0 Å². The third kappa shape index (κ3) is 2.21. The molecule has 1 aliphatic carbocycles. The number of aromatic nitrogens is 1. The van der Waals surface area contributed by atoms with Crippen molar-refractivity contribution in [2.75, 3.05) is 12.0 Å². The molecule has 0 spiro atoms. The Morgan fingerprint density at radius 1 is 1.42 bits per heavy atom. The van der Waals surface area contributed by atoms with E-state index in [4.69, 9.17) is 10.6 Å².